The molecular weight excluding hydrogens is 605 g/mol. The predicted molar refractivity (Wildman–Crippen MR) is 223 cm³/mol. The summed E-state index contributed by atoms with van der Waals surface area (Å²) in [7, 11) is 0. The third-order valence-corrected chi connectivity index (χ3v) is 11.0. The Morgan fingerprint density at radius 2 is 0.520 bits per heavy atom. The molecule has 2 nitrogen and oxygen atoms in total. The second-order valence-corrected chi connectivity index (χ2v) is 15.9. The lowest BCUT2D eigenvalue weighted by Crippen LogP contribution is -1.94. The molecule has 0 fully saturated rings. The van der Waals surface area contributed by atoms with Crippen LogP contribution in [0.2, 0.25) is 0 Å². The molecule has 0 amide bonds. The second-order valence-electron chi connectivity index (χ2n) is 15.9. The van der Waals surface area contributed by atoms with Crippen molar-refractivity contribution in [3.8, 4) is 11.4 Å². The smallest absolute Gasteiger partial charge is 0.0888 e. The van der Waals surface area contributed by atoms with Crippen LogP contribution in [0.1, 0.15) is 243 Å². The first-order valence-corrected chi connectivity index (χ1v) is 22.7. The number of nitrogens with zero attached hydrogens (tertiary/aromatic N) is 2. The molecule has 0 radical (unpaired) electrons. The summed E-state index contributed by atoms with van der Waals surface area (Å²) in [5, 5.41) is 0. The maximum Gasteiger partial charge on any atom is 0.0888 e. The van der Waals surface area contributed by atoms with Gasteiger partial charge in [0.25, 0.3) is 0 Å². The van der Waals surface area contributed by atoms with E-state index in [2.05, 4.69) is 38.1 Å². The highest BCUT2D eigenvalue weighted by Gasteiger charge is 2.05. The molecule has 0 aliphatic carbocycles. The molecule has 0 aliphatic heterocycles. The molecule has 0 unspecified atom stereocenters. The molecule has 2 aromatic heterocycles. The highest BCUT2D eigenvalue weighted by molar-refractivity contribution is 5.55. The average molecular weight is 689 g/mol. The van der Waals surface area contributed by atoms with Crippen LogP contribution in [-0.4, -0.2) is 9.97 Å². The van der Waals surface area contributed by atoms with Crippen LogP contribution in [-0.2, 0) is 12.8 Å². The molecule has 50 heavy (non-hydrogen) atoms. The van der Waals surface area contributed by atoms with Gasteiger partial charge in [-0.05, 0) is 61.1 Å². The molecule has 2 heterocycles. The molecule has 0 bridgehead atoms. The van der Waals surface area contributed by atoms with Crippen molar-refractivity contribution < 1.29 is 0 Å². The average Bonchev–Trinajstić information content (AvgIpc) is 3.14. The maximum atomic E-state index is 4.70. The van der Waals surface area contributed by atoms with Gasteiger partial charge in [-0.1, -0.05) is 219 Å². The quantitative estimate of drug-likeness (QED) is 0.0660. The van der Waals surface area contributed by atoms with Gasteiger partial charge in [0.15, 0.2) is 0 Å². The lowest BCUT2D eigenvalue weighted by Gasteiger charge is -2.07. The molecule has 0 spiro atoms. The summed E-state index contributed by atoms with van der Waals surface area (Å²) in [4.78, 5) is 9.40. The fourth-order valence-corrected chi connectivity index (χ4v) is 7.65. The van der Waals surface area contributed by atoms with Gasteiger partial charge < -0.3 is 0 Å². The summed E-state index contributed by atoms with van der Waals surface area (Å²) in [6.07, 6.45) is 54.8. The van der Waals surface area contributed by atoms with E-state index in [0.29, 0.717) is 0 Å². The SMILES string of the molecule is CCCCCCCCCCCCCCCCCCCc1ccnc(-c2cc(CCCCCCCCCCCCCCCCCCC)ccn2)c1. The van der Waals surface area contributed by atoms with Crippen molar-refractivity contribution in [1.82, 2.24) is 9.97 Å². The summed E-state index contributed by atoms with van der Waals surface area (Å²) in [5.74, 6) is 0. The first-order chi connectivity index (χ1) is 24.8. The largest absolute Gasteiger partial charge is 0.255 e. The van der Waals surface area contributed by atoms with Crippen molar-refractivity contribution in [3.63, 3.8) is 0 Å². The van der Waals surface area contributed by atoms with Crippen LogP contribution < -0.4 is 0 Å². The zero-order valence-electron chi connectivity index (χ0n) is 33.8. The number of aryl methyl sites for hydroxylation is 2. The van der Waals surface area contributed by atoms with Gasteiger partial charge in [-0.25, -0.2) is 0 Å². The van der Waals surface area contributed by atoms with Crippen LogP contribution in [0.5, 0.6) is 0 Å². The Morgan fingerprint density at radius 3 is 0.760 bits per heavy atom. The molecule has 0 atom stereocenters. The number of aromatic nitrogens is 2. The summed E-state index contributed by atoms with van der Waals surface area (Å²) in [6.45, 7) is 4.61. The van der Waals surface area contributed by atoms with Gasteiger partial charge in [0, 0.05) is 12.4 Å². The highest BCUT2D eigenvalue weighted by Crippen LogP contribution is 2.21. The van der Waals surface area contributed by atoms with Crippen molar-refractivity contribution >= 4 is 0 Å². The molecule has 0 N–H and O–H groups in total. The number of unbranched alkanes of at least 4 members (excludes halogenated alkanes) is 32. The van der Waals surface area contributed by atoms with Gasteiger partial charge in [-0.3, -0.25) is 9.97 Å². The van der Waals surface area contributed by atoms with Gasteiger partial charge in [0.05, 0.1) is 11.4 Å². The Balaban J connectivity index is 1.43. The van der Waals surface area contributed by atoms with E-state index in [1.165, 1.54) is 229 Å². The van der Waals surface area contributed by atoms with Gasteiger partial charge in [-0.2, -0.15) is 0 Å². The predicted octanol–water partition coefficient (Wildman–Crippen LogP) is 16.5. The molecule has 2 aromatic rings. The van der Waals surface area contributed by atoms with Crippen LogP contribution >= 0.6 is 0 Å². The molecule has 2 heteroatoms. The van der Waals surface area contributed by atoms with E-state index >= 15 is 0 Å². The number of pyridine rings is 2. The first kappa shape index (κ1) is 44.5. The normalized spacial score (nSPS) is 11.5. The fourth-order valence-electron chi connectivity index (χ4n) is 7.65. The van der Waals surface area contributed by atoms with Gasteiger partial charge >= 0.3 is 0 Å². The zero-order valence-corrected chi connectivity index (χ0v) is 33.8. The zero-order chi connectivity index (χ0) is 35.4. The second kappa shape index (κ2) is 34.4. The molecule has 2 rings (SSSR count). The van der Waals surface area contributed by atoms with E-state index in [1.807, 2.05) is 12.4 Å². The Bertz CT molecular complexity index is 904. The monoisotopic (exact) mass is 689 g/mol. The fraction of sp³-hybridized carbons (Fsp3) is 0.792. The van der Waals surface area contributed by atoms with Crippen LogP contribution in [0.15, 0.2) is 36.7 Å². The summed E-state index contributed by atoms with van der Waals surface area (Å²) in [6, 6.07) is 8.98. The van der Waals surface area contributed by atoms with Crippen LogP contribution in [0.3, 0.4) is 0 Å². The van der Waals surface area contributed by atoms with E-state index in [0.717, 1.165) is 24.2 Å². The molecule has 0 saturated heterocycles. The van der Waals surface area contributed by atoms with Gasteiger partial charge in [0.2, 0.25) is 0 Å². The van der Waals surface area contributed by atoms with Crippen molar-refractivity contribution in [3.05, 3.63) is 47.8 Å². The summed E-state index contributed by atoms with van der Waals surface area (Å²) < 4.78 is 0. The third-order valence-electron chi connectivity index (χ3n) is 11.0. The minimum Gasteiger partial charge on any atom is -0.255 e. The van der Waals surface area contributed by atoms with Crippen LogP contribution in [0.25, 0.3) is 11.4 Å². The van der Waals surface area contributed by atoms with E-state index < -0.39 is 0 Å². The Morgan fingerprint density at radius 1 is 0.300 bits per heavy atom. The first-order valence-electron chi connectivity index (χ1n) is 22.7. The minimum atomic E-state index is 1.04. The Hall–Kier alpha value is -1.70. The summed E-state index contributed by atoms with van der Waals surface area (Å²) >= 11 is 0. The number of hydrogen-bond acceptors (Lipinski definition) is 2. The van der Waals surface area contributed by atoms with E-state index in [9.17, 15) is 0 Å². The van der Waals surface area contributed by atoms with E-state index in [1.54, 1.807) is 0 Å². The van der Waals surface area contributed by atoms with Crippen molar-refractivity contribution in [2.75, 3.05) is 0 Å². The highest BCUT2D eigenvalue weighted by atomic mass is 14.8. The Labute approximate surface area is 313 Å². The van der Waals surface area contributed by atoms with Crippen LogP contribution in [0.4, 0.5) is 0 Å². The third kappa shape index (κ3) is 26.1. The standard InChI is InChI=1S/C48H84N2/c1-3-5-7-9-11-13-15-17-19-21-23-25-27-29-31-33-35-37-45-39-41-49-47(43-45)48-44-46(40-42-50-48)38-36-34-32-30-28-26-24-22-20-18-16-14-12-10-8-6-4-2/h39-44H,3-38H2,1-2H3. The molecular formula is C48H84N2. The van der Waals surface area contributed by atoms with Crippen molar-refractivity contribution in [1.29, 1.82) is 0 Å². The van der Waals surface area contributed by atoms with E-state index in [-0.39, 0.29) is 0 Å². The van der Waals surface area contributed by atoms with Crippen molar-refractivity contribution in [2.24, 2.45) is 0 Å². The van der Waals surface area contributed by atoms with Crippen molar-refractivity contribution in [2.45, 2.75) is 245 Å². The molecule has 286 valence electrons. The summed E-state index contributed by atoms with van der Waals surface area (Å²) in [5.41, 5.74) is 4.91. The minimum absolute atomic E-state index is 1.04. The molecule has 0 aliphatic rings. The lowest BCUT2D eigenvalue weighted by atomic mass is 10.0. The number of rotatable bonds is 37. The van der Waals surface area contributed by atoms with Gasteiger partial charge in [-0.15, -0.1) is 0 Å². The Kier molecular flexibility index (Phi) is 30.6. The number of hydrogen-bond donors (Lipinski definition) is 0. The maximum absolute atomic E-state index is 4.70. The van der Waals surface area contributed by atoms with Gasteiger partial charge in [0.1, 0.15) is 0 Å². The lowest BCUT2D eigenvalue weighted by molar-refractivity contribution is 0.527. The van der Waals surface area contributed by atoms with Crippen LogP contribution in [0, 0.1) is 0 Å². The topological polar surface area (TPSA) is 25.8 Å². The molecule has 0 aromatic carbocycles. The molecule has 0 saturated carbocycles. The van der Waals surface area contributed by atoms with E-state index in [4.69, 9.17) is 9.97 Å².